The first-order valence-electron chi connectivity index (χ1n) is 10.7. The molecule has 4 rings (SSSR count). The molecule has 0 saturated carbocycles. The number of carbonyl (C=O) groups is 3. The van der Waals surface area contributed by atoms with Gasteiger partial charge in [0, 0.05) is 11.4 Å². The Bertz CT molecular complexity index is 1180. The number of benzene rings is 2. The van der Waals surface area contributed by atoms with E-state index < -0.39 is 17.9 Å². The Morgan fingerprint density at radius 1 is 1.09 bits per heavy atom. The monoisotopic (exact) mass is 463 g/mol. The normalized spacial score (nSPS) is 15.5. The summed E-state index contributed by atoms with van der Waals surface area (Å²) in [6.45, 7) is 2.39. The molecule has 3 aromatic rings. The number of nitrogens with zero attached hydrogens (tertiary/aromatic N) is 1. The van der Waals surface area contributed by atoms with Crippen molar-refractivity contribution in [3.8, 4) is 10.4 Å². The number of fused-ring (bicyclic) bond motifs is 1. The van der Waals surface area contributed by atoms with Crippen molar-refractivity contribution >= 4 is 34.8 Å². The lowest BCUT2D eigenvalue weighted by Crippen LogP contribution is -2.50. The van der Waals surface area contributed by atoms with Crippen LogP contribution in [-0.4, -0.2) is 41.9 Å². The highest BCUT2D eigenvalue weighted by Gasteiger charge is 2.31. The molecule has 33 heavy (non-hydrogen) atoms. The molecule has 1 atom stereocenters. The van der Waals surface area contributed by atoms with E-state index in [0.29, 0.717) is 23.5 Å². The number of anilines is 1. The van der Waals surface area contributed by atoms with Crippen molar-refractivity contribution in [2.75, 3.05) is 18.5 Å². The van der Waals surface area contributed by atoms with Crippen LogP contribution in [0.2, 0.25) is 0 Å². The predicted octanol–water partition coefficient (Wildman–Crippen LogP) is 3.44. The van der Waals surface area contributed by atoms with E-state index in [1.54, 1.807) is 17.9 Å². The first kappa shape index (κ1) is 22.7. The quantitative estimate of drug-likeness (QED) is 0.523. The molecule has 7 nitrogen and oxygen atoms in total. The van der Waals surface area contributed by atoms with Crippen molar-refractivity contribution < 1.29 is 19.1 Å². The second kappa shape index (κ2) is 9.97. The van der Waals surface area contributed by atoms with Gasteiger partial charge in [-0.15, -0.1) is 11.3 Å². The summed E-state index contributed by atoms with van der Waals surface area (Å²) in [6, 6.07) is 18.7. The number of nitrogens with two attached hydrogens (primary N) is 1. The average molecular weight is 464 g/mol. The van der Waals surface area contributed by atoms with E-state index in [-0.39, 0.29) is 19.1 Å². The first-order valence-corrected chi connectivity index (χ1v) is 11.5. The predicted molar refractivity (Wildman–Crippen MR) is 128 cm³/mol. The van der Waals surface area contributed by atoms with E-state index in [9.17, 15) is 14.4 Å². The molecule has 1 aliphatic heterocycles. The fourth-order valence-corrected chi connectivity index (χ4v) is 4.99. The Kier molecular flexibility index (Phi) is 6.86. The van der Waals surface area contributed by atoms with Crippen molar-refractivity contribution in [3.05, 3.63) is 76.7 Å². The van der Waals surface area contributed by atoms with Crippen molar-refractivity contribution in [3.63, 3.8) is 0 Å². The van der Waals surface area contributed by atoms with E-state index in [4.69, 9.17) is 10.5 Å². The maximum absolute atomic E-state index is 13.0. The summed E-state index contributed by atoms with van der Waals surface area (Å²) < 4.78 is 5.19. The third-order valence-corrected chi connectivity index (χ3v) is 6.71. The second-order valence-electron chi connectivity index (χ2n) is 7.78. The van der Waals surface area contributed by atoms with E-state index in [1.807, 2.05) is 54.6 Å². The van der Waals surface area contributed by atoms with Gasteiger partial charge >= 0.3 is 5.97 Å². The Morgan fingerprint density at radius 2 is 1.79 bits per heavy atom. The van der Waals surface area contributed by atoms with Gasteiger partial charge in [0.05, 0.1) is 24.9 Å². The largest absolute Gasteiger partial charge is 0.462 e. The maximum Gasteiger partial charge on any atom is 0.350 e. The summed E-state index contributed by atoms with van der Waals surface area (Å²) in [6.07, 6.45) is 0.462. The van der Waals surface area contributed by atoms with Gasteiger partial charge < -0.3 is 15.8 Å². The van der Waals surface area contributed by atoms with Crippen molar-refractivity contribution in [1.29, 1.82) is 0 Å². The number of thiophene rings is 1. The highest BCUT2D eigenvalue weighted by molar-refractivity contribution is 7.18. The Balaban J connectivity index is 1.55. The Labute approximate surface area is 196 Å². The number of primary amides is 1. The standard InChI is InChI=1S/C25H25N3O4S/c1-2-32-25(31)23-19(13-21(33-23)16-8-4-3-5-9-16)27-22(29)15-28-14-18-11-7-6-10-17(18)12-20(28)24(26)30/h3-11,13,20H,2,12,14-15H2,1H3,(H2,26,30)(H,27,29). The minimum absolute atomic E-state index is 0.0271. The highest BCUT2D eigenvalue weighted by atomic mass is 32.1. The molecule has 0 aliphatic carbocycles. The summed E-state index contributed by atoms with van der Waals surface area (Å²) in [4.78, 5) is 40.5. The first-order chi connectivity index (χ1) is 16.0. The van der Waals surface area contributed by atoms with Crippen LogP contribution in [0, 0.1) is 0 Å². The molecule has 8 heteroatoms. The third-order valence-electron chi connectivity index (χ3n) is 5.55. The van der Waals surface area contributed by atoms with E-state index in [1.165, 1.54) is 11.3 Å². The molecular formula is C25H25N3O4S. The molecular weight excluding hydrogens is 438 g/mol. The minimum atomic E-state index is -0.572. The zero-order valence-corrected chi connectivity index (χ0v) is 19.1. The van der Waals surface area contributed by atoms with E-state index in [0.717, 1.165) is 21.6 Å². The number of carbonyl (C=O) groups excluding carboxylic acids is 3. The number of hydrogen-bond donors (Lipinski definition) is 2. The number of amides is 2. The Hall–Kier alpha value is -3.49. The van der Waals surface area contributed by atoms with Crippen LogP contribution in [0.5, 0.6) is 0 Å². The number of rotatable bonds is 7. The molecule has 3 N–H and O–H groups in total. The van der Waals surface area contributed by atoms with Gasteiger partial charge in [-0.2, -0.15) is 0 Å². The van der Waals surface area contributed by atoms with E-state index in [2.05, 4.69) is 5.32 Å². The van der Waals surface area contributed by atoms with Gasteiger partial charge in [-0.1, -0.05) is 54.6 Å². The molecule has 2 heterocycles. The van der Waals surface area contributed by atoms with Gasteiger partial charge in [0.25, 0.3) is 0 Å². The Morgan fingerprint density at radius 3 is 2.48 bits per heavy atom. The van der Waals surface area contributed by atoms with Crippen molar-refractivity contribution in [2.24, 2.45) is 5.73 Å². The van der Waals surface area contributed by atoms with Crippen molar-refractivity contribution in [2.45, 2.75) is 25.9 Å². The lowest BCUT2D eigenvalue weighted by molar-refractivity contribution is -0.125. The summed E-state index contributed by atoms with van der Waals surface area (Å²) in [7, 11) is 0. The summed E-state index contributed by atoms with van der Waals surface area (Å²) in [5, 5.41) is 2.85. The minimum Gasteiger partial charge on any atom is -0.462 e. The van der Waals surface area contributed by atoms with Crippen LogP contribution in [0.3, 0.4) is 0 Å². The van der Waals surface area contributed by atoms with Crippen LogP contribution < -0.4 is 11.1 Å². The molecule has 0 fully saturated rings. The summed E-state index contributed by atoms with van der Waals surface area (Å²) in [5.74, 6) is -1.28. The molecule has 0 saturated heterocycles. The average Bonchev–Trinajstić information content (AvgIpc) is 3.23. The second-order valence-corrected chi connectivity index (χ2v) is 8.84. The molecule has 1 unspecified atom stereocenters. The topological polar surface area (TPSA) is 102 Å². The number of nitrogens with one attached hydrogen (secondary N) is 1. The fraction of sp³-hybridized carbons (Fsp3) is 0.240. The van der Waals surface area contributed by atoms with Gasteiger partial charge in [-0.25, -0.2) is 4.79 Å². The third kappa shape index (κ3) is 5.13. The molecule has 0 radical (unpaired) electrons. The van der Waals surface area contributed by atoms with Gasteiger partial charge in [-0.3, -0.25) is 14.5 Å². The maximum atomic E-state index is 13.0. The molecule has 1 aromatic heterocycles. The molecule has 0 bridgehead atoms. The van der Waals surface area contributed by atoms with Gasteiger partial charge in [0.2, 0.25) is 11.8 Å². The van der Waals surface area contributed by atoms with Gasteiger partial charge in [-0.05, 0) is 36.1 Å². The van der Waals surface area contributed by atoms with Crippen LogP contribution in [0.25, 0.3) is 10.4 Å². The number of ether oxygens (including phenoxy) is 1. The lowest BCUT2D eigenvalue weighted by atomic mass is 9.93. The molecule has 2 aromatic carbocycles. The molecule has 0 spiro atoms. The van der Waals surface area contributed by atoms with Crippen LogP contribution >= 0.6 is 11.3 Å². The van der Waals surface area contributed by atoms with Gasteiger partial charge in [0.1, 0.15) is 4.88 Å². The smallest absolute Gasteiger partial charge is 0.350 e. The summed E-state index contributed by atoms with van der Waals surface area (Å²) >= 11 is 1.27. The van der Waals surface area contributed by atoms with Crippen LogP contribution in [-0.2, 0) is 27.3 Å². The SMILES string of the molecule is CCOC(=O)c1sc(-c2ccccc2)cc1NC(=O)CN1Cc2ccccc2CC1C(N)=O. The molecule has 1 aliphatic rings. The summed E-state index contributed by atoms with van der Waals surface area (Å²) in [5.41, 5.74) is 9.10. The van der Waals surface area contributed by atoms with E-state index >= 15 is 0 Å². The van der Waals surface area contributed by atoms with Crippen LogP contribution in [0.1, 0.15) is 27.7 Å². The zero-order chi connectivity index (χ0) is 23.4. The van der Waals surface area contributed by atoms with Crippen LogP contribution in [0.4, 0.5) is 5.69 Å². The lowest BCUT2D eigenvalue weighted by Gasteiger charge is -2.34. The molecule has 170 valence electrons. The molecule has 2 amide bonds. The van der Waals surface area contributed by atoms with Gasteiger partial charge in [0.15, 0.2) is 0 Å². The highest BCUT2D eigenvalue weighted by Crippen LogP contribution is 2.35. The van der Waals surface area contributed by atoms with Crippen molar-refractivity contribution in [1.82, 2.24) is 4.90 Å². The zero-order valence-electron chi connectivity index (χ0n) is 18.2. The van der Waals surface area contributed by atoms with Crippen LogP contribution in [0.15, 0.2) is 60.7 Å². The number of hydrogen-bond acceptors (Lipinski definition) is 6. The number of esters is 1. The fourth-order valence-electron chi connectivity index (χ4n) is 3.97.